The Kier molecular flexibility index (Phi) is 7.68. The maximum Gasteiger partial charge on any atom is 0.414 e. The van der Waals surface area contributed by atoms with Crippen molar-refractivity contribution in [2.24, 2.45) is 5.73 Å². The highest BCUT2D eigenvalue weighted by Crippen LogP contribution is 2.33. The molecule has 0 bridgehead atoms. The highest BCUT2D eigenvalue weighted by atomic mass is 35.5. The lowest BCUT2D eigenvalue weighted by Crippen LogP contribution is -2.26. The number of carbonyl (C=O) groups excluding carboxylic acids is 2. The molecule has 1 aromatic heterocycles. The van der Waals surface area contributed by atoms with Gasteiger partial charge in [0, 0.05) is 44.6 Å². The van der Waals surface area contributed by atoms with Crippen molar-refractivity contribution >= 4 is 50.5 Å². The van der Waals surface area contributed by atoms with Gasteiger partial charge in [-0.3, -0.25) is 9.52 Å². The zero-order valence-corrected chi connectivity index (χ0v) is 20.6. The van der Waals surface area contributed by atoms with E-state index in [0.717, 1.165) is 0 Å². The molecule has 0 spiro atoms. The van der Waals surface area contributed by atoms with Crippen molar-refractivity contribution < 1.29 is 27.2 Å². The molecule has 2 aromatic carbocycles. The fourth-order valence-electron chi connectivity index (χ4n) is 3.28. The van der Waals surface area contributed by atoms with E-state index in [4.69, 9.17) is 26.5 Å². The molecule has 2 amide bonds. The van der Waals surface area contributed by atoms with Gasteiger partial charge < -0.3 is 19.8 Å². The van der Waals surface area contributed by atoms with Gasteiger partial charge in [-0.15, -0.1) is 0 Å². The van der Waals surface area contributed by atoms with Crippen LogP contribution in [0.5, 0.6) is 5.75 Å². The lowest BCUT2D eigenvalue weighted by Gasteiger charge is -2.15. The summed E-state index contributed by atoms with van der Waals surface area (Å²) >= 11 is 6.31. The monoisotopic (exact) mass is 522 g/mol. The molecule has 0 aliphatic carbocycles. The SMILES string of the molecule is CNS(=O)(=O)Nc1cccc(Cc2c(CC(N)=O)c3cc(Cl)c(OC(=O)N(C)C)cc3oc2=O)c1. The highest BCUT2D eigenvalue weighted by Gasteiger charge is 2.20. The molecule has 0 aliphatic heterocycles. The predicted octanol–water partition coefficient (Wildman–Crippen LogP) is 2.00. The van der Waals surface area contributed by atoms with Crippen LogP contribution >= 0.6 is 11.6 Å². The summed E-state index contributed by atoms with van der Waals surface area (Å²) in [7, 11) is 0.510. The molecule has 0 atom stereocenters. The average molecular weight is 523 g/mol. The number of nitrogens with zero attached hydrogens (tertiary/aromatic N) is 1. The number of nitrogens with two attached hydrogens (primary N) is 1. The second-order valence-corrected chi connectivity index (χ2v) is 9.74. The van der Waals surface area contributed by atoms with E-state index >= 15 is 0 Å². The molecule has 0 saturated carbocycles. The largest absolute Gasteiger partial charge is 0.422 e. The fourth-order valence-corrected chi connectivity index (χ4v) is 4.02. The number of anilines is 1. The van der Waals surface area contributed by atoms with E-state index in [1.165, 1.54) is 38.2 Å². The van der Waals surface area contributed by atoms with Crippen molar-refractivity contribution in [1.82, 2.24) is 9.62 Å². The van der Waals surface area contributed by atoms with Crippen LogP contribution < -0.4 is 25.5 Å². The second-order valence-electron chi connectivity index (χ2n) is 7.72. The highest BCUT2D eigenvalue weighted by molar-refractivity contribution is 7.90. The average Bonchev–Trinajstić information content (AvgIpc) is 2.77. The lowest BCUT2D eigenvalue weighted by molar-refractivity contribution is -0.117. The molecule has 4 N–H and O–H groups in total. The smallest absolute Gasteiger partial charge is 0.414 e. The molecular weight excluding hydrogens is 500 g/mol. The number of rotatable bonds is 8. The third-order valence-electron chi connectivity index (χ3n) is 4.91. The van der Waals surface area contributed by atoms with Crippen molar-refractivity contribution in [3.63, 3.8) is 0 Å². The molecule has 0 radical (unpaired) electrons. The number of primary amides is 1. The van der Waals surface area contributed by atoms with Crippen LogP contribution in [0.1, 0.15) is 16.7 Å². The zero-order valence-electron chi connectivity index (χ0n) is 19.0. The predicted molar refractivity (Wildman–Crippen MR) is 131 cm³/mol. The number of hydrogen-bond acceptors (Lipinski definition) is 7. The molecule has 0 saturated heterocycles. The first-order valence-electron chi connectivity index (χ1n) is 10.2. The number of nitrogens with one attached hydrogen (secondary N) is 2. The van der Waals surface area contributed by atoms with Gasteiger partial charge in [0.25, 0.3) is 10.2 Å². The van der Waals surface area contributed by atoms with Crippen molar-refractivity contribution in [2.45, 2.75) is 12.8 Å². The van der Waals surface area contributed by atoms with E-state index in [1.54, 1.807) is 24.3 Å². The van der Waals surface area contributed by atoms with Gasteiger partial charge in [-0.1, -0.05) is 23.7 Å². The van der Waals surface area contributed by atoms with Crippen LogP contribution in [-0.2, 0) is 27.8 Å². The molecule has 1 heterocycles. The Bertz CT molecular complexity index is 1470. The van der Waals surface area contributed by atoms with Gasteiger partial charge >= 0.3 is 11.7 Å². The lowest BCUT2D eigenvalue weighted by atomic mass is 9.96. The standard InChI is InChI=1S/C22H23ClN4O7S/c1-25-35(31,32)26-13-6-4-5-12(7-13)8-16-14(10-20(24)28)15-9-17(23)19(34-22(30)27(2)3)11-18(15)33-21(16)29/h4-7,9,11,25-26H,8,10H2,1-3H3,(H2,24,28). The van der Waals surface area contributed by atoms with Gasteiger partial charge in [-0.25, -0.2) is 14.3 Å². The summed E-state index contributed by atoms with van der Waals surface area (Å²) in [5.41, 5.74) is 6.06. The summed E-state index contributed by atoms with van der Waals surface area (Å²) in [5.74, 6) is -0.712. The summed E-state index contributed by atoms with van der Waals surface area (Å²) in [5, 5.41) is 0.404. The first-order valence-corrected chi connectivity index (χ1v) is 12.0. The quantitative estimate of drug-likeness (QED) is 0.381. The molecule has 0 aliphatic rings. The molecule has 13 heteroatoms. The van der Waals surface area contributed by atoms with Crippen LogP contribution in [0.3, 0.4) is 0 Å². The number of fused-ring (bicyclic) bond motifs is 1. The Morgan fingerprint density at radius 2 is 1.89 bits per heavy atom. The van der Waals surface area contributed by atoms with Crippen LogP contribution in [0.4, 0.5) is 10.5 Å². The van der Waals surface area contributed by atoms with Gasteiger partial charge in [0.05, 0.1) is 17.1 Å². The van der Waals surface area contributed by atoms with E-state index in [9.17, 15) is 22.8 Å². The Morgan fingerprint density at radius 3 is 2.51 bits per heavy atom. The number of ether oxygens (including phenoxy) is 1. The van der Waals surface area contributed by atoms with Gasteiger partial charge in [-0.05, 0) is 29.3 Å². The number of carbonyl (C=O) groups is 2. The van der Waals surface area contributed by atoms with E-state index in [2.05, 4.69) is 9.44 Å². The molecule has 11 nitrogen and oxygen atoms in total. The van der Waals surface area contributed by atoms with E-state index in [-0.39, 0.29) is 40.4 Å². The third kappa shape index (κ3) is 6.29. The number of benzene rings is 2. The molecule has 35 heavy (non-hydrogen) atoms. The van der Waals surface area contributed by atoms with Crippen LogP contribution in [0.25, 0.3) is 11.0 Å². The van der Waals surface area contributed by atoms with Gasteiger partial charge in [0.15, 0.2) is 5.75 Å². The summed E-state index contributed by atoms with van der Waals surface area (Å²) in [6, 6.07) is 9.11. The molecule has 186 valence electrons. The summed E-state index contributed by atoms with van der Waals surface area (Å²) in [6.45, 7) is 0. The van der Waals surface area contributed by atoms with Crippen LogP contribution in [0.2, 0.25) is 5.02 Å². The molecule has 0 fully saturated rings. The van der Waals surface area contributed by atoms with Gasteiger partial charge in [0.2, 0.25) is 5.91 Å². The van der Waals surface area contributed by atoms with Crippen molar-refractivity contribution in [2.75, 3.05) is 25.9 Å². The van der Waals surface area contributed by atoms with Crippen molar-refractivity contribution in [3.8, 4) is 5.75 Å². The maximum atomic E-state index is 12.9. The van der Waals surface area contributed by atoms with Crippen LogP contribution in [0, 0.1) is 0 Å². The molecular formula is C22H23ClN4O7S. The third-order valence-corrected chi connectivity index (χ3v) is 6.25. The van der Waals surface area contributed by atoms with Crippen molar-refractivity contribution in [1.29, 1.82) is 0 Å². The Labute approximate surface area is 206 Å². The first kappa shape index (κ1) is 26.0. The second kappa shape index (κ2) is 10.3. The topological polar surface area (TPSA) is 161 Å². The molecule has 3 rings (SSSR count). The van der Waals surface area contributed by atoms with Crippen LogP contribution in [-0.4, -0.2) is 46.5 Å². The Hall–Kier alpha value is -3.61. The Morgan fingerprint density at radius 1 is 1.17 bits per heavy atom. The Balaban J connectivity index is 2.11. The van der Waals surface area contributed by atoms with Crippen LogP contribution in [0.15, 0.2) is 45.6 Å². The van der Waals surface area contributed by atoms with E-state index in [1.807, 2.05) is 0 Å². The molecule has 0 unspecified atom stereocenters. The van der Waals surface area contributed by atoms with Gasteiger partial charge in [-0.2, -0.15) is 8.42 Å². The van der Waals surface area contributed by atoms with E-state index in [0.29, 0.717) is 16.5 Å². The molecule has 3 aromatic rings. The minimum Gasteiger partial charge on any atom is -0.422 e. The first-order chi connectivity index (χ1) is 16.4. The summed E-state index contributed by atoms with van der Waals surface area (Å²) < 4.78 is 38.7. The fraction of sp³-hybridized carbons (Fsp3) is 0.227. The van der Waals surface area contributed by atoms with E-state index < -0.39 is 27.8 Å². The maximum absolute atomic E-state index is 12.9. The van der Waals surface area contributed by atoms with Gasteiger partial charge in [0.1, 0.15) is 5.58 Å². The van der Waals surface area contributed by atoms with Crippen molar-refractivity contribution in [3.05, 3.63) is 68.5 Å². The number of hydrogen-bond donors (Lipinski definition) is 3. The summed E-state index contributed by atoms with van der Waals surface area (Å²) in [4.78, 5) is 37.9. The minimum absolute atomic E-state index is 0.0188. The number of amides is 2. The normalized spacial score (nSPS) is 11.3. The number of halogens is 1. The minimum atomic E-state index is -3.74. The summed E-state index contributed by atoms with van der Waals surface area (Å²) in [6.07, 6.45) is -0.946. The zero-order chi connectivity index (χ0) is 25.9.